The first-order valence-electron chi connectivity index (χ1n) is 7.73. The lowest BCUT2D eigenvalue weighted by molar-refractivity contribution is -0.0373. The van der Waals surface area contributed by atoms with Crippen LogP contribution in [0.4, 0.5) is 5.69 Å². The minimum absolute atomic E-state index is 0.361. The Hall–Kier alpha value is -1.64. The second-order valence-electron chi connectivity index (χ2n) is 5.91. The summed E-state index contributed by atoms with van der Waals surface area (Å²) in [5.41, 5.74) is 1.61. The fourth-order valence-electron chi connectivity index (χ4n) is 3.31. The highest BCUT2D eigenvalue weighted by Crippen LogP contribution is 2.23. The minimum Gasteiger partial charge on any atom is -0.376 e. The van der Waals surface area contributed by atoms with Crippen LogP contribution < -0.4 is 4.90 Å². The molecule has 1 aromatic rings. The predicted octanol–water partition coefficient (Wildman–Crippen LogP) is 1.64. The third-order valence-corrected chi connectivity index (χ3v) is 4.48. The standard InChI is InChI=1S/C16H22N4O/c1-13-12-20(8-9-21-13)15-4-6-19(7-5-15)16-3-2-14(10-17)18-11-16/h2-3,11,13,15H,4-9,12H2,1H3/t13-/m0/s1. The van der Waals surface area contributed by atoms with Gasteiger partial charge in [-0.15, -0.1) is 0 Å². The van der Waals surface area contributed by atoms with E-state index in [1.807, 2.05) is 12.3 Å². The molecule has 0 aliphatic carbocycles. The van der Waals surface area contributed by atoms with E-state index in [4.69, 9.17) is 10.00 Å². The zero-order valence-electron chi connectivity index (χ0n) is 12.5. The molecule has 1 atom stereocenters. The van der Waals surface area contributed by atoms with E-state index in [1.165, 1.54) is 12.8 Å². The molecule has 0 amide bonds. The van der Waals surface area contributed by atoms with Gasteiger partial charge < -0.3 is 9.64 Å². The van der Waals surface area contributed by atoms with Crippen molar-refractivity contribution in [3.8, 4) is 6.07 Å². The zero-order chi connectivity index (χ0) is 14.7. The van der Waals surface area contributed by atoms with Crippen molar-refractivity contribution in [3.05, 3.63) is 24.0 Å². The second-order valence-corrected chi connectivity index (χ2v) is 5.91. The topological polar surface area (TPSA) is 52.4 Å². The van der Waals surface area contributed by atoms with Gasteiger partial charge in [-0.1, -0.05) is 0 Å². The number of nitrogens with zero attached hydrogens (tertiary/aromatic N) is 4. The van der Waals surface area contributed by atoms with E-state index in [0.717, 1.165) is 38.5 Å². The van der Waals surface area contributed by atoms with Gasteiger partial charge in [0.2, 0.25) is 0 Å². The summed E-state index contributed by atoms with van der Waals surface area (Å²) in [5, 5.41) is 8.80. The number of piperidine rings is 1. The van der Waals surface area contributed by atoms with E-state index in [2.05, 4.69) is 27.8 Å². The summed E-state index contributed by atoms with van der Waals surface area (Å²) in [7, 11) is 0. The van der Waals surface area contributed by atoms with Crippen molar-refractivity contribution >= 4 is 5.69 Å². The molecule has 0 radical (unpaired) electrons. The third-order valence-electron chi connectivity index (χ3n) is 4.48. The Labute approximate surface area is 126 Å². The largest absolute Gasteiger partial charge is 0.376 e. The maximum absolute atomic E-state index is 8.80. The van der Waals surface area contributed by atoms with E-state index in [1.54, 1.807) is 6.07 Å². The number of ether oxygens (including phenoxy) is 1. The maximum atomic E-state index is 8.80. The van der Waals surface area contributed by atoms with Crippen LogP contribution in [0, 0.1) is 11.3 Å². The van der Waals surface area contributed by atoms with Crippen LogP contribution in [0.2, 0.25) is 0 Å². The fraction of sp³-hybridized carbons (Fsp3) is 0.625. The van der Waals surface area contributed by atoms with Gasteiger partial charge in [0.25, 0.3) is 0 Å². The van der Waals surface area contributed by atoms with Crippen LogP contribution in [0.5, 0.6) is 0 Å². The summed E-state index contributed by atoms with van der Waals surface area (Å²) in [6.45, 7) is 7.26. The van der Waals surface area contributed by atoms with Gasteiger partial charge in [-0.2, -0.15) is 5.26 Å². The summed E-state index contributed by atoms with van der Waals surface area (Å²) < 4.78 is 5.62. The summed E-state index contributed by atoms with van der Waals surface area (Å²) in [6, 6.07) is 6.54. The van der Waals surface area contributed by atoms with Crippen LogP contribution >= 0.6 is 0 Å². The zero-order valence-corrected chi connectivity index (χ0v) is 12.5. The van der Waals surface area contributed by atoms with Crippen molar-refractivity contribution in [2.75, 3.05) is 37.7 Å². The van der Waals surface area contributed by atoms with Crippen molar-refractivity contribution < 1.29 is 4.74 Å². The van der Waals surface area contributed by atoms with Crippen molar-refractivity contribution in [1.82, 2.24) is 9.88 Å². The lowest BCUT2D eigenvalue weighted by Crippen LogP contribution is -2.51. The molecule has 2 aliphatic heterocycles. The van der Waals surface area contributed by atoms with Gasteiger partial charge >= 0.3 is 0 Å². The van der Waals surface area contributed by atoms with Crippen molar-refractivity contribution in [2.24, 2.45) is 0 Å². The molecule has 3 heterocycles. The molecule has 3 rings (SSSR count). The number of hydrogen-bond acceptors (Lipinski definition) is 5. The molecule has 112 valence electrons. The molecule has 0 saturated carbocycles. The van der Waals surface area contributed by atoms with E-state index in [-0.39, 0.29) is 0 Å². The molecule has 0 N–H and O–H groups in total. The summed E-state index contributed by atoms with van der Waals surface area (Å²) in [6.07, 6.45) is 4.55. The Bertz CT molecular complexity index is 502. The van der Waals surface area contributed by atoms with Gasteiger partial charge in [0, 0.05) is 32.2 Å². The Kier molecular flexibility index (Phi) is 4.37. The molecule has 0 bridgehead atoms. The molecule has 0 spiro atoms. The lowest BCUT2D eigenvalue weighted by Gasteiger charge is -2.42. The van der Waals surface area contributed by atoms with Crippen LogP contribution in [0.1, 0.15) is 25.5 Å². The lowest BCUT2D eigenvalue weighted by atomic mass is 10.0. The first kappa shape index (κ1) is 14.3. The molecule has 0 aromatic carbocycles. The van der Waals surface area contributed by atoms with Gasteiger partial charge in [0.1, 0.15) is 11.8 Å². The molecule has 0 unspecified atom stereocenters. The highest BCUT2D eigenvalue weighted by Gasteiger charge is 2.27. The highest BCUT2D eigenvalue weighted by molar-refractivity contribution is 5.46. The molecule has 5 heteroatoms. The summed E-state index contributed by atoms with van der Waals surface area (Å²) in [4.78, 5) is 9.12. The molecule has 5 nitrogen and oxygen atoms in total. The molecular weight excluding hydrogens is 264 g/mol. The number of pyridine rings is 1. The third kappa shape index (κ3) is 3.34. The van der Waals surface area contributed by atoms with Gasteiger partial charge in [0.15, 0.2) is 0 Å². The number of morpholine rings is 1. The number of rotatable bonds is 2. The Morgan fingerprint density at radius 1 is 1.29 bits per heavy atom. The van der Waals surface area contributed by atoms with Crippen molar-refractivity contribution in [3.63, 3.8) is 0 Å². The summed E-state index contributed by atoms with van der Waals surface area (Å²) >= 11 is 0. The van der Waals surface area contributed by atoms with Crippen LogP contribution in [0.15, 0.2) is 18.3 Å². The van der Waals surface area contributed by atoms with Gasteiger partial charge in [-0.3, -0.25) is 4.90 Å². The van der Waals surface area contributed by atoms with Crippen molar-refractivity contribution in [2.45, 2.75) is 31.9 Å². The number of anilines is 1. The SMILES string of the molecule is C[C@H]1CN(C2CCN(c3ccc(C#N)nc3)CC2)CCO1. The van der Waals surface area contributed by atoms with Crippen LogP contribution in [0.25, 0.3) is 0 Å². The Morgan fingerprint density at radius 2 is 2.10 bits per heavy atom. The van der Waals surface area contributed by atoms with Crippen molar-refractivity contribution in [1.29, 1.82) is 5.26 Å². The molecule has 2 saturated heterocycles. The number of aromatic nitrogens is 1. The molecular formula is C16H22N4O. The van der Waals surface area contributed by atoms with Crippen LogP contribution in [0.3, 0.4) is 0 Å². The monoisotopic (exact) mass is 286 g/mol. The maximum Gasteiger partial charge on any atom is 0.140 e. The normalized spacial score (nSPS) is 24.8. The van der Waals surface area contributed by atoms with Crippen LogP contribution in [-0.4, -0.2) is 54.8 Å². The van der Waals surface area contributed by atoms with Gasteiger partial charge in [0.05, 0.1) is 24.6 Å². The van der Waals surface area contributed by atoms with E-state index >= 15 is 0 Å². The van der Waals surface area contributed by atoms with Crippen LogP contribution in [-0.2, 0) is 4.74 Å². The van der Waals surface area contributed by atoms with Gasteiger partial charge in [-0.25, -0.2) is 4.98 Å². The average molecular weight is 286 g/mol. The second kappa shape index (κ2) is 6.42. The fourth-order valence-corrected chi connectivity index (χ4v) is 3.31. The number of hydrogen-bond donors (Lipinski definition) is 0. The first-order valence-corrected chi connectivity index (χ1v) is 7.73. The van der Waals surface area contributed by atoms with Gasteiger partial charge in [-0.05, 0) is 31.9 Å². The molecule has 2 aliphatic rings. The Morgan fingerprint density at radius 3 is 2.71 bits per heavy atom. The molecule has 1 aromatic heterocycles. The van der Waals surface area contributed by atoms with E-state index < -0.39 is 0 Å². The smallest absolute Gasteiger partial charge is 0.140 e. The van der Waals surface area contributed by atoms with E-state index in [0.29, 0.717) is 17.8 Å². The average Bonchev–Trinajstić information content (AvgIpc) is 2.55. The Balaban J connectivity index is 1.56. The number of nitriles is 1. The summed E-state index contributed by atoms with van der Waals surface area (Å²) in [5.74, 6) is 0. The molecule has 21 heavy (non-hydrogen) atoms. The highest BCUT2D eigenvalue weighted by atomic mass is 16.5. The quantitative estimate of drug-likeness (QED) is 0.827. The first-order chi connectivity index (χ1) is 10.3. The minimum atomic E-state index is 0.361. The molecule has 2 fully saturated rings. The van der Waals surface area contributed by atoms with E-state index in [9.17, 15) is 0 Å². The predicted molar refractivity (Wildman–Crippen MR) is 81.2 cm³/mol.